The highest BCUT2D eigenvalue weighted by atomic mass is 31.3. The summed E-state index contributed by atoms with van der Waals surface area (Å²) in [6.45, 7) is 0. The van der Waals surface area contributed by atoms with Gasteiger partial charge in [0.05, 0.1) is 0 Å². The van der Waals surface area contributed by atoms with Gasteiger partial charge >= 0.3 is 0 Å². The fourth-order valence-corrected chi connectivity index (χ4v) is 36.4. The highest BCUT2D eigenvalue weighted by Crippen LogP contribution is 2.92. The molecule has 3 nitrogen and oxygen atoms in total. The van der Waals surface area contributed by atoms with E-state index in [0.717, 1.165) is 77.0 Å². The molecule has 0 aliphatic heterocycles. The normalized spacial score (nSPS) is 28.4. The lowest BCUT2D eigenvalue weighted by Gasteiger charge is -2.55. The number of rotatable bonds is 9. The molecule has 0 amide bonds. The summed E-state index contributed by atoms with van der Waals surface area (Å²) in [7, 11) is -9.05. The first-order chi connectivity index (χ1) is 21.0. The topological polar surface area (TPSA) is 51.2 Å². The van der Waals surface area contributed by atoms with Crippen molar-refractivity contribution in [3.63, 3.8) is 0 Å². The van der Waals surface area contributed by atoms with Crippen molar-refractivity contribution in [3.8, 4) is 0 Å². The Morgan fingerprint density at radius 1 is 0.256 bits per heavy atom. The largest absolute Gasteiger partial charge is 0.322 e. The van der Waals surface area contributed by atoms with Crippen LogP contribution in [0.2, 0.25) is 0 Å². The molecule has 6 fully saturated rings. The van der Waals surface area contributed by atoms with Crippen LogP contribution >= 0.6 is 21.4 Å². The van der Waals surface area contributed by atoms with Crippen LogP contribution in [0.1, 0.15) is 193 Å². The molecule has 0 aromatic heterocycles. The van der Waals surface area contributed by atoms with Gasteiger partial charge < -0.3 is 13.7 Å². The second kappa shape index (κ2) is 15.3. The van der Waals surface area contributed by atoms with E-state index in [-0.39, 0.29) is 34.0 Å². The maximum absolute atomic E-state index is 17.1. The molecule has 248 valence electrons. The van der Waals surface area contributed by atoms with E-state index >= 15 is 13.7 Å². The fourth-order valence-electron chi connectivity index (χ4n) is 11.8. The average molecular weight is 653 g/mol. The van der Waals surface area contributed by atoms with Crippen molar-refractivity contribution in [1.82, 2.24) is 0 Å². The summed E-state index contributed by atoms with van der Waals surface area (Å²) in [6.07, 6.45) is 34.5. The van der Waals surface area contributed by atoms with Gasteiger partial charge in [0.25, 0.3) is 0 Å². The molecule has 6 saturated carbocycles. The predicted molar refractivity (Wildman–Crippen MR) is 188 cm³/mol. The van der Waals surface area contributed by atoms with E-state index in [1.165, 1.54) is 116 Å². The van der Waals surface area contributed by atoms with Crippen LogP contribution in [0.3, 0.4) is 0 Å². The van der Waals surface area contributed by atoms with Crippen LogP contribution in [0, 0.1) is 0 Å². The first-order valence-corrected chi connectivity index (χ1v) is 25.5. The minimum absolute atomic E-state index is 0.204. The Bertz CT molecular complexity index is 810. The van der Waals surface area contributed by atoms with Gasteiger partial charge in [-0.25, -0.2) is 0 Å². The molecule has 6 aliphatic carbocycles. The number of hydrogen-bond donors (Lipinski definition) is 0. The van der Waals surface area contributed by atoms with Gasteiger partial charge in [-0.1, -0.05) is 116 Å². The van der Waals surface area contributed by atoms with E-state index < -0.39 is 26.6 Å². The molecule has 6 aliphatic rings. The summed E-state index contributed by atoms with van der Waals surface area (Å²) >= 11 is 0. The van der Waals surface area contributed by atoms with E-state index in [2.05, 4.69) is 0 Å². The molecule has 6 rings (SSSR count). The van der Waals surface area contributed by atoms with Crippen LogP contribution < -0.4 is 0 Å². The Morgan fingerprint density at radius 2 is 0.395 bits per heavy atom. The van der Waals surface area contributed by atoms with Crippen LogP contribution in [-0.4, -0.2) is 39.1 Å². The molecule has 0 aromatic carbocycles. The lowest BCUT2D eigenvalue weighted by Crippen LogP contribution is -2.40. The zero-order chi connectivity index (χ0) is 29.8. The Balaban J connectivity index is 1.60. The molecule has 6 heteroatoms. The van der Waals surface area contributed by atoms with Gasteiger partial charge in [-0.2, -0.15) is 0 Å². The van der Waals surface area contributed by atoms with Gasteiger partial charge in [-0.05, 0) is 77.0 Å². The fraction of sp³-hybridized carbons (Fsp3) is 1.00. The Hall–Kier alpha value is 0.690. The smallest absolute Gasteiger partial charge is 0.120 e. The van der Waals surface area contributed by atoms with E-state index in [0.29, 0.717) is 0 Å². The van der Waals surface area contributed by atoms with Crippen LogP contribution in [0.4, 0.5) is 0 Å². The van der Waals surface area contributed by atoms with Crippen molar-refractivity contribution in [2.24, 2.45) is 0 Å². The lowest BCUT2D eigenvalue weighted by atomic mass is 9.99. The number of hydrogen-bond acceptors (Lipinski definition) is 3. The van der Waals surface area contributed by atoms with Crippen molar-refractivity contribution in [1.29, 1.82) is 0 Å². The molecular formula is C37H67O3P3. The van der Waals surface area contributed by atoms with Gasteiger partial charge in [-0.15, -0.1) is 0 Å². The van der Waals surface area contributed by atoms with Crippen LogP contribution in [0.25, 0.3) is 0 Å². The Morgan fingerprint density at radius 3 is 0.535 bits per heavy atom. The zero-order valence-electron chi connectivity index (χ0n) is 27.8. The summed E-state index contributed by atoms with van der Waals surface area (Å²) < 4.78 is 51.4. The molecule has 0 atom stereocenters. The van der Waals surface area contributed by atoms with E-state index in [4.69, 9.17) is 0 Å². The van der Waals surface area contributed by atoms with Crippen LogP contribution in [0.15, 0.2) is 0 Å². The highest BCUT2D eigenvalue weighted by Gasteiger charge is 2.66. The van der Waals surface area contributed by atoms with Crippen molar-refractivity contribution in [2.75, 3.05) is 0 Å². The van der Waals surface area contributed by atoms with Crippen LogP contribution in [0.5, 0.6) is 0 Å². The SMILES string of the molecule is O=P(C1CCCCC1)(C1CCCCC1)C(P(=O)(C1CCCCC1)C1CCCCC1)P(=O)(C1CCCCC1)C1CCCCC1. The maximum Gasteiger partial charge on any atom is 0.120 e. The molecule has 0 aromatic rings. The first kappa shape index (κ1) is 33.6. The summed E-state index contributed by atoms with van der Waals surface area (Å²) in [4.78, 5) is 0. The van der Waals surface area contributed by atoms with Gasteiger partial charge in [0.1, 0.15) is 26.6 Å². The molecule has 0 radical (unpaired) electrons. The van der Waals surface area contributed by atoms with Gasteiger partial charge in [0, 0.05) is 34.0 Å². The summed E-state index contributed by atoms with van der Waals surface area (Å²) in [6, 6.07) is 0. The molecule has 0 bridgehead atoms. The standard InChI is InChI=1S/C37H67O3P3/c38-41(31-19-7-1-8-20-31,32-21-9-2-10-22-32)37(42(39,33-23-11-3-12-24-33)34-25-13-4-14-26-34)43(40,35-27-15-5-16-28-35)36-29-17-6-18-30-36/h31-37H,1-30H2. The molecule has 0 spiro atoms. The molecule has 0 saturated heterocycles. The van der Waals surface area contributed by atoms with Crippen molar-refractivity contribution >= 4 is 21.4 Å². The van der Waals surface area contributed by atoms with Crippen LogP contribution in [-0.2, 0) is 13.7 Å². The van der Waals surface area contributed by atoms with Crippen molar-refractivity contribution in [3.05, 3.63) is 0 Å². The third kappa shape index (κ3) is 6.70. The third-order valence-electron chi connectivity index (χ3n) is 14.0. The minimum atomic E-state index is -3.02. The molecule has 43 heavy (non-hydrogen) atoms. The van der Waals surface area contributed by atoms with E-state index in [9.17, 15) is 0 Å². The molecule has 0 heterocycles. The van der Waals surface area contributed by atoms with Gasteiger partial charge in [0.2, 0.25) is 0 Å². The zero-order valence-corrected chi connectivity index (χ0v) is 30.5. The summed E-state index contributed by atoms with van der Waals surface area (Å²) in [5.74, 6) is 0. The van der Waals surface area contributed by atoms with E-state index in [1.807, 2.05) is 0 Å². The molecular weight excluding hydrogens is 585 g/mol. The minimum Gasteiger partial charge on any atom is -0.322 e. The highest BCUT2D eigenvalue weighted by molar-refractivity contribution is 7.98. The molecule has 0 N–H and O–H groups in total. The lowest BCUT2D eigenvalue weighted by molar-refractivity contribution is 0.427. The average Bonchev–Trinajstić information content (AvgIpc) is 3.10. The summed E-state index contributed by atoms with van der Waals surface area (Å²) in [5, 5.41) is -0.392. The van der Waals surface area contributed by atoms with Gasteiger partial charge in [-0.3, -0.25) is 0 Å². The van der Waals surface area contributed by atoms with Gasteiger partial charge in [0.15, 0.2) is 0 Å². The Labute approximate surface area is 266 Å². The maximum atomic E-state index is 17.1. The second-order valence-electron chi connectivity index (χ2n) is 16.4. The second-order valence-corrected chi connectivity index (χ2v) is 28.1. The monoisotopic (exact) mass is 652 g/mol. The Kier molecular flexibility index (Phi) is 11.9. The quantitative estimate of drug-likeness (QED) is 0.233. The molecule has 0 unspecified atom stereocenters. The third-order valence-corrected chi connectivity index (χ3v) is 32.6. The van der Waals surface area contributed by atoms with Crippen molar-refractivity contribution < 1.29 is 13.7 Å². The van der Waals surface area contributed by atoms with E-state index in [1.54, 1.807) is 0 Å². The predicted octanol–water partition coefficient (Wildman–Crippen LogP) is 13.4. The van der Waals surface area contributed by atoms with Crippen molar-refractivity contribution in [2.45, 2.75) is 232 Å². The first-order valence-electron chi connectivity index (χ1n) is 19.8. The summed E-state index contributed by atoms with van der Waals surface area (Å²) in [5.41, 5.74) is 1.22.